The third-order valence-corrected chi connectivity index (χ3v) is 18.8. The lowest BCUT2D eigenvalue weighted by Crippen LogP contribution is -2.71. The Labute approximate surface area is 425 Å². The summed E-state index contributed by atoms with van der Waals surface area (Å²) in [4.78, 5) is 29.6. The molecule has 1 saturated heterocycles. The zero-order valence-electron chi connectivity index (χ0n) is 42.7. The number of ether oxygens (including phenoxy) is 4. The number of rotatable bonds is 16. The van der Waals surface area contributed by atoms with E-state index in [2.05, 4.69) is 19.2 Å². The first-order valence-corrected chi connectivity index (χ1v) is 27.2. The van der Waals surface area contributed by atoms with Crippen molar-refractivity contribution in [1.29, 1.82) is 0 Å². The highest BCUT2D eigenvalue weighted by atomic mass is 16.7. The first kappa shape index (κ1) is 53.0. The number of aryl methyl sites for hydroxylation is 1. The van der Waals surface area contributed by atoms with Crippen molar-refractivity contribution in [3.63, 3.8) is 0 Å². The molecule has 0 radical (unpaired) electrons. The molecule has 0 amide bonds. The van der Waals surface area contributed by atoms with Crippen molar-refractivity contribution >= 4 is 18.0 Å². The van der Waals surface area contributed by atoms with E-state index in [0.29, 0.717) is 60.3 Å². The summed E-state index contributed by atoms with van der Waals surface area (Å²) in [5, 5.41) is 81.0. The van der Waals surface area contributed by atoms with E-state index in [9.17, 15) is 40.5 Å². The van der Waals surface area contributed by atoms with Gasteiger partial charge in [0.2, 0.25) is 5.79 Å². The molecular formula is C58H81NO13. The molecule has 14 heteroatoms. The van der Waals surface area contributed by atoms with Crippen LogP contribution in [0.15, 0.2) is 54.1 Å². The SMILES string of the molecule is COc1cc(C=C(CC2c3cc(CCO)ccc3CCC2CO)C(=O)OC2C(OC(=O)CCC3CC(C)CC4CC5CCCC(C)C5C5CCC34CC5O)C(O)C3OC2(O)C=CC3NCC(C)O)ccc1O. The second-order valence-corrected chi connectivity index (χ2v) is 23.3. The lowest BCUT2D eigenvalue weighted by atomic mass is 9.44. The van der Waals surface area contributed by atoms with Gasteiger partial charge in [-0.25, -0.2) is 4.79 Å². The average molecular weight is 1000 g/mol. The first-order valence-electron chi connectivity index (χ1n) is 27.2. The van der Waals surface area contributed by atoms with Crippen LogP contribution in [-0.4, -0.2) is 123 Å². The lowest BCUT2D eigenvalue weighted by Gasteiger charge is -2.61. The Balaban J connectivity index is 1.01. The standard InChI is InChI=1S/C58H81NO13/c1-32-22-41(57-19-16-43(48(64)29-57)51-33(2)6-5-7-38(51)27-42(57)23-32)13-15-50(65)70-54-52(66)53-46(59-30-34(3)62)17-20-58(68,72-53)55(54)71-56(67)40(24-36-9-14-47(63)49(26-36)69-4)28-45-39(31-61)12-11-37-10-8-35(18-21-60)25-44(37)45/h8-10,14,17,20,24-26,32-34,38-39,41-43,45-46,48,51-55,59-64,66,68H,5-7,11-13,15-16,18-19,21-23,27-31H2,1-4H3. The van der Waals surface area contributed by atoms with Crippen LogP contribution in [0.4, 0.5) is 0 Å². The highest BCUT2D eigenvalue weighted by Gasteiger charge is 2.61. The minimum absolute atomic E-state index is 0.0254. The number of aliphatic hydroxyl groups is 6. The molecule has 72 heavy (non-hydrogen) atoms. The minimum Gasteiger partial charge on any atom is -0.504 e. The fourth-order valence-corrected chi connectivity index (χ4v) is 15.4. The van der Waals surface area contributed by atoms with E-state index in [1.165, 1.54) is 44.9 Å². The molecule has 14 nitrogen and oxygen atoms in total. The van der Waals surface area contributed by atoms with Gasteiger partial charge in [-0.2, -0.15) is 0 Å². The van der Waals surface area contributed by atoms with Gasteiger partial charge in [0.1, 0.15) is 12.2 Å². The van der Waals surface area contributed by atoms with Crippen LogP contribution in [0.1, 0.15) is 132 Å². The number of carbonyl (C=O) groups is 2. The van der Waals surface area contributed by atoms with Crippen LogP contribution in [0, 0.1) is 52.8 Å². The predicted molar refractivity (Wildman–Crippen MR) is 269 cm³/mol. The van der Waals surface area contributed by atoms with Crippen LogP contribution < -0.4 is 10.1 Å². The smallest absolute Gasteiger partial charge is 0.334 e. The van der Waals surface area contributed by atoms with Crippen LogP contribution in [0.25, 0.3) is 6.08 Å². The number of phenolic OH excluding ortho intramolecular Hbond substituents is 1. The van der Waals surface area contributed by atoms with E-state index in [1.807, 2.05) is 18.2 Å². The number of methoxy groups -OCH3 is 1. The summed E-state index contributed by atoms with van der Waals surface area (Å²) in [6.45, 7) is 6.27. The molecule has 1 spiro atoms. The van der Waals surface area contributed by atoms with Gasteiger partial charge in [-0.3, -0.25) is 4.79 Å². The van der Waals surface area contributed by atoms with Gasteiger partial charge >= 0.3 is 11.9 Å². The van der Waals surface area contributed by atoms with Crippen molar-refractivity contribution in [1.82, 2.24) is 5.32 Å². The molecule has 6 aliphatic carbocycles. The Hall–Kier alpha value is -3.86. The number of phenols is 1. The molecule has 2 aromatic rings. The third kappa shape index (κ3) is 10.7. The summed E-state index contributed by atoms with van der Waals surface area (Å²) in [7, 11) is 1.42. The largest absolute Gasteiger partial charge is 0.504 e. The Morgan fingerprint density at radius 3 is 2.58 bits per heavy atom. The van der Waals surface area contributed by atoms with E-state index >= 15 is 4.79 Å². The van der Waals surface area contributed by atoms with Crippen LogP contribution in [0.2, 0.25) is 0 Å². The van der Waals surface area contributed by atoms with E-state index < -0.39 is 54.3 Å². The van der Waals surface area contributed by atoms with E-state index in [4.69, 9.17) is 18.9 Å². The second kappa shape index (κ2) is 22.2. The summed E-state index contributed by atoms with van der Waals surface area (Å²) in [6.07, 6.45) is 9.55. The summed E-state index contributed by atoms with van der Waals surface area (Å²) in [5.74, 6) is -1.17. The molecule has 2 aromatic carbocycles. The number of aromatic hydroxyl groups is 1. The first-order chi connectivity index (χ1) is 34.5. The highest BCUT2D eigenvalue weighted by Crippen LogP contribution is 2.64. The Morgan fingerprint density at radius 1 is 1.01 bits per heavy atom. The minimum atomic E-state index is -2.35. The number of esters is 2. The molecule has 18 unspecified atom stereocenters. The van der Waals surface area contributed by atoms with E-state index in [-0.39, 0.29) is 78.9 Å². The van der Waals surface area contributed by atoms with E-state index in [1.54, 1.807) is 31.2 Å². The number of nitrogens with one attached hydrogen (secondary N) is 1. The summed E-state index contributed by atoms with van der Waals surface area (Å²) in [5.41, 5.74) is 3.47. The zero-order valence-corrected chi connectivity index (χ0v) is 42.7. The van der Waals surface area contributed by atoms with Crippen molar-refractivity contribution in [2.75, 3.05) is 26.9 Å². The monoisotopic (exact) mass is 1000 g/mol. The molecule has 396 valence electrons. The molecule has 2 aliphatic heterocycles. The molecule has 0 aromatic heterocycles. The lowest BCUT2D eigenvalue weighted by molar-refractivity contribution is -0.333. The highest BCUT2D eigenvalue weighted by molar-refractivity contribution is 5.94. The maximum atomic E-state index is 15.1. The van der Waals surface area contributed by atoms with Gasteiger partial charge in [-0.1, -0.05) is 63.5 Å². The number of aliphatic hydroxyl groups excluding tert-OH is 5. The Kier molecular flexibility index (Phi) is 16.3. The van der Waals surface area contributed by atoms with Crippen LogP contribution in [0.5, 0.6) is 11.5 Å². The molecule has 5 saturated carbocycles. The molecule has 8 aliphatic rings. The molecule has 4 bridgehead atoms. The summed E-state index contributed by atoms with van der Waals surface area (Å²) >= 11 is 0. The van der Waals surface area contributed by atoms with Crippen LogP contribution >= 0.6 is 0 Å². The number of hydrogen-bond acceptors (Lipinski definition) is 14. The Morgan fingerprint density at radius 2 is 1.83 bits per heavy atom. The van der Waals surface area contributed by atoms with Crippen molar-refractivity contribution in [2.24, 2.45) is 52.8 Å². The molecular weight excluding hydrogens is 919 g/mol. The number of fused-ring (bicyclic) bond motifs is 5. The maximum absolute atomic E-state index is 15.1. The van der Waals surface area contributed by atoms with E-state index in [0.717, 1.165) is 55.2 Å². The van der Waals surface area contributed by atoms with Crippen LogP contribution in [-0.2, 0) is 36.6 Å². The topological polar surface area (TPSA) is 225 Å². The number of carbonyl (C=O) groups excluding carboxylic acids is 2. The van der Waals surface area contributed by atoms with Crippen molar-refractivity contribution < 1.29 is 64.3 Å². The normalized spacial score (nSPS) is 38.6. The fraction of sp³-hybridized carbons (Fsp3) is 0.690. The summed E-state index contributed by atoms with van der Waals surface area (Å²) in [6, 6.07) is 9.97. The third-order valence-electron chi connectivity index (χ3n) is 18.8. The molecule has 6 fully saturated rings. The average Bonchev–Trinajstić information content (AvgIpc) is 3.34. The van der Waals surface area contributed by atoms with Gasteiger partial charge < -0.3 is 60.0 Å². The summed E-state index contributed by atoms with van der Waals surface area (Å²) < 4.78 is 24.2. The van der Waals surface area contributed by atoms with Crippen molar-refractivity contribution in [3.8, 4) is 11.5 Å². The van der Waals surface area contributed by atoms with Crippen molar-refractivity contribution in [3.05, 3.63) is 76.4 Å². The van der Waals surface area contributed by atoms with Crippen molar-refractivity contribution in [2.45, 2.75) is 171 Å². The molecule has 2 heterocycles. The predicted octanol–water partition coefficient (Wildman–Crippen LogP) is 6.27. The zero-order chi connectivity index (χ0) is 51.1. The van der Waals surface area contributed by atoms with Gasteiger partial charge in [-0.15, -0.1) is 0 Å². The molecule has 8 N–H and O–H groups in total. The number of benzene rings is 2. The van der Waals surface area contributed by atoms with Gasteiger partial charge in [0.15, 0.2) is 23.7 Å². The Bertz CT molecular complexity index is 2300. The molecule has 10 rings (SSSR count). The van der Waals surface area contributed by atoms with Gasteiger partial charge in [0.05, 0.1) is 25.4 Å². The van der Waals surface area contributed by atoms with Gasteiger partial charge in [0, 0.05) is 31.8 Å². The van der Waals surface area contributed by atoms with Crippen LogP contribution in [0.3, 0.4) is 0 Å². The fourth-order valence-electron chi connectivity index (χ4n) is 15.4. The number of hydrogen-bond donors (Lipinski definition) is 8. The second-order valence-electron chi connectivity index (χ2n) is 23.3. The maximum Gasteiger partial charge on any atom is 0.334 e. The molecule has 18 atom stereocenters. The van der Waals surface area contributed by atoms with Gasteiger partial charge in [0.25, 0.3) is 0 Å². The quantitative estimate of drug-likeness (QED) is 0.0527. The van der Waals surface area contributed by atoms with Gasteiger partial charge in [-0.05, 0) is 183 Å².